The number of aryl methyl sites for hydroxylation is 1. The molecule has 0 unspecified atom stereocenters. The van der Waals surface area contributed by atoms with Crippen LogP contribution >= 0.6 is 0 Å². The molecule has 1 aliphatic carbocycles. The fraction of sp³-hybridized carbons (Fsp3) is 0.312. The van der Waals surface area contributed by atoms with E-state index in [1.807, 2.05) is 24.4 Å². The molecular formula is C16H17N3O2. The van der Waals surface area contributed by atoms with Gasteiger partial charge in [0.05, 0.1) is 6.20 Å². The zero-order chi connectivity index (χ0) is 15.0. The molecule has 1 aliphatic rings. The zero-order valence-corrected chi connectivity index (χ0v) is 12.2. The number of carbonyl (C=O) groups excluding carboxylic acids is 2. The van der Waals surface area contributed by atoms with Crippen molar-refractivity contribution in [1.82, 2.24) is 14.7 Å². The third-order valence-corrected chi connectivity index (χ3v) is 3.79. The minimum Gasteiger partial charge on any atom is -0.347 e. The lowest BCUT2D eigenvalue weighted by atomic mass is 10.0. The molecule has 0 aliphatic heterocycles. The molecule has 21 heavy (non-hydrogen) atoms. The van der Waals surface area contributed by atoms with Crippen molar-refractivity contribution in [3.8, 4) is 11.1 Å². The number of likely N-dealkylation sites (N-methyl/N-ethyl adjacent to an activating group) is 1. The minimum atomic E-state index is -0.00576. The quantitative estimate of drug-likeness (QED) is 0.862. The number of hydrogen-bond acceptors (Lipinski definition) is 3. The van der Waals surface area contributed by atoms with E-state index in [1.54, 1.807) is 25.0 Å². The van der Waals surface area contributed by atoms with Gasteiger partial charge in [0, 0.05) is 37.8 Å². The van der Waals surface area contributed by atoms with Crippen LogP contribution in [0.15, 0.2) is 30.6 Å². The fourth-order valence-electron chi connectivity index (χ4n) is 2.50. The average molecular weight is 283 g/mol. The number of nitrogens with zero attached hydrogens (tertiary/aromatic N) is 3. The molecule has 1 aromatic carbocycles. The van der Waals surface area contributed by atoms with Gasteiger partial charge in [-0.1, -0.05) is 12.1 Å². The van der Waals surface area contributed by atoms with Crippen LogP contribution in [-0.4, -0.2) is 40.5 Å². The van der Waals surface area contributed by atoms with E-state index in [2.05, 4.69) is 5.10 Å². The third-order valence-electron chi connectivity index (χ3n) is 3.79. The van der Waals surface area contributed by atoms with E-state index < -0.39 is 0 Å². The summed E-state index contributed by atoms with van der Waals surface area (Å²) in [7, 11) is 3.44. The van der Waals surface area contributed by atoms with Crippen LogP contribution in [0.1, 0.15) is 22.3 Å². The van der Waals surface area contributed by atoms with E-state index >= 15 is 0 Å². The van der Waals surface area contributed by atoms with Crippen LogP contribution in [-0.2, 0) is 17.8 Å². The van der Waals surface area contributed by atoms with Crippen molar-refractivity contribution in [3.05, 3.63) is 41.7 Å². The normalized spacial score (nSPS) is 13.3. The first kappa shape index (κ1) is 13.5. The van der Waals surface area contributed by atoms with E-state index in [0.717, 1.165) is 28.7 Å². The Hall–Kier alpha value is -2.43. The minimum absolute atomic E-state index is 0.00576. The maximum absolute atomic E-state index is 11.8. The Balaban J connectivity index is 1.85. The highest BCUT2D eigenvalue weighted by Crippen LogP contribution is 2.27. The summed E-state index contributed by atoms with van der Waals surface area (Å²) in [6.45, 7) is 0.219. The lowest BCUT2D eigenvalue weighted by molar-refractivity contribution is -0.129. The largest absolute Gasteiger partial charge is 0.347 e. The van der Waals surface area contributed by atoms with Crippen LogP contribution in [0, 0.1) is 0 Å². The molecule has 5 nitrogen and oxygen atoms in total. The highest BCUT2D eigenvalue weighted by atomic mass is 16.2. The molecule has 5 heteroatoms. The Bertz CT molecular complexity index is 716. The molecule has 0 spiro atoms. The second kappa shape index (κ2) is 5.16. The van der Waals surface area contributed by atoms with E-state index in [-0.39, 0.29) is 18.2 Å². The summed E-state index contributed by atoms with van der Waals surface area (Å²) >= 11 is 0. The maximum Gasteiger partial charge on any atom is 0.243 e. The van der Waals surface area contributed by atoms with Crippen molar-refractivity contribution in [2.24, 2.45) is 0 Å². The van der Waals surface area contributed by atoms with Gasteiger partial charge < -0.3 is 4.90 Å². The van der Waals surface area contributed by atoms with E-state index in [0.29, 0.717) is 6.42 Å². The second-order valence-corrected chi connectivity index (χ2v) is 5.51. The SMILES string of the molecule is CN(C)C(=O)Cn1cc(-c2ccc3c(c2)C(=O)CC3)cn1. The topological polar surface area (TPSA) is 55.2 Å². The summed E-state index contributed by atoms with van der Waals surface area (Å²) in [5.74, 6) is 0.204. The molecule has 0 radical (unpaired) electrons. The molecule has 1 aromatic heterocycles. The molecule has 0 N–H and O–H groups in total. The summed E-state index contributed by atoms with van der Waals surface area (Å²) in [5.41, 5.74) is 3.83. The van der Waals surface area contributed by atoms with Crippen LogP contribution in [0.4, 0.5) is 0 Å². The first-order valence-corrected chi connectivity index (χ1v) is 6.93. The first-order valence-electron chi connectivity index (χ1n) is 6.93. The molecule has 1 amide bonds. The number of ketones is 1. The van der Waals surface area contributed by atoms with Gasteiger partial charge in [-0.2, -0.15) is 5.10 Å². The van der Waals surface area contributed by atoms with Gasteiger partial charge in [-0.15, -0.1) is 0 Å². The lowest BCUT2D eigenvalue weighted by Gasteiger charge is -2.09. The summed E-state index contributed by atoms with van der Waals surface area (Å²) < 4.78 is 1.62. The second-order valence-electron chi connectivity index (χ2n) is 5.51. The molecule has 0 fully saturated rings. The number of rotatable bonds is 3. The number of hydrogen-bond donors (Lipinski definition) is 0. The Morgan fingerprint density at radius 2 is 2.10 bits per heavy atom. The lowest BCUT2D eigenvalue weighted by Crippen LogP contribution is -2.26. The van der Waals surface area contributed by atoms with Gasteiger partial charge in [0.2, 0.25) is 5.91 Å². The molecule has 108 valence electrons. The fourth-order valence-corrected chi connectivity index (χ4v) is 2.50. The summed E-state index contributed by atoms with van der Waals surface area (Å²) in [5, 5.41) is 4.21. The van der Waals surface area contributed by atoms with Crippen LogP contribution in [0.5, 0.6) is 0 Å². The Morgan fingerprint density at radius 1 is 1.29 bits per heavy atom. The van der Waals surface area contributed by atoms with Crippen LogP contribution in [0.2, 0.25) is 0 Å². The Labute approximate surface area is 123 Å². The van der Waals surface area contributed by atoms with Gasteiger partial charge in [-0.25, -0.2) is 0 Å². The van der Waals surface area contributed by atoms with Gasteiger partial charge in [-0.3, -0.25) is 14.3 Å². The predicted octanol–water partition coefficient (Wildman–Crippen LogP) is 1.77. The smallest absolute Gasteiger partial charge is 0.243 e. The van der Waals surface area contributed by atoms with Crippen LogP contribution < -0.4 is 0 Å². The molecule has 0 saturated carbocycles. The van der Waals surface area contributed by atoms with Crippen molar-refractivity contribution in [2.45, 2.75) is 19.4 Å². The molecule has 3 rings (SSSR count). The van der Waals surface area contributed by atoms with Crippen LogP contribution in [0.3, 0.4) is 0 Å². The third kappa shape index (κ3) is 2.59. The molecule has 0 bridgehead atoms. The maximum atomic E-state index is 11.8. The van der Waals surface area contributed by atoms with Gasteiger partial charge in [-0.05, 0) is 23.6 Å². The number of aromatic nitrogens is 2. The van der Waals surface area contributed by atoms with Gasteiger partial charge in [0.25, 0.3) is 0 Å². The van der Waals surface area contributed by atoms with Gasteiger partial charge in [0.1, 0.15) is 6.54 Å². The molecular weight excluding hydrogens is 266 g/mol. The Morgan fingerprint density at radius 3 is 2.86 bits per heavy atom. The van der Waals surface area contributed by atoms with E-state index in [9.17, 15) is 9.59 Å². The summed E-state index contributed by atoms with van der Waals surface area (Å²) in [6.07, 6.45) is 5.01. The van der Waals surface area contributed by atoms with E-state index in [1.165, 1.54) is 4.90 Å². The van der Waals surface area contributed by atoms with Gasteiger partial charge >= 0.3 is 0 Å². The number of amides is 1. The summed E-state index contributed by atoms with van der Waals surface area (Å²) in [6, 6.07) is 5.95. The Kier molecular flexibility index (Phi) is 3.33. The zero-order valence-electron chi connectivity index (χ0n) is 12.2. The molecule has 1 heterocycles. The predicted molar refractivity (Wildman–Crippen MR) is 79.0 cm³/mol. The number of benzene rings is 1. The number of fused-ring (bicyclic) bond motifs is 1. The molecule has 2 aromatic rings. The van der Waals surface area contributed by atoms with E-state index in [4.69, 9.17) is 0 Å². The van der Waals surface area contributed by atoms with Gasteiger partial charge in [0.15, 0.2) is 5.78 Å². The average Bonchev–Trinajstić information content (AvgIpc) is 3.06. The summed E-state index contributed by atoms with van der Waals surface area (Å²) in [4.78, 5) is 25.0. The van der Waals surface area contributed by atoms with Crippen molar-refractivity contribution >= 4 is 11.7 Å². The molecule has 0 atom stereocenters. The van der Waals surface area contributed by atoms with Crippen molar-refractivity contribution in [3.63, 3.8) is 0 Å². The van der Waals surface area contributed by atoms with Crippen molar-refractivity contribution in [2.75, 3.05) is 14.1 Å². The monoisotopic (exact) mass is 283 g/mol. The van der Waals surface area contributed by atoms with Crippen molar-refractivity contribution < 1.29 is 9.59 Å². The van der Waals surface area contributed by atoms with Crippen LogP contribution in [0.25, 0.3) is 11.1 Å². The van der Waals surface area contributed by atoms with Crippen molar-refractivity contribution in [1.29, 1.82) is 0 Å². The number of Topliss-reactive ketones (excluding diaryl/α,β-unsaturated/α-hetero) is 1. The first-order chi connectivity index (χ1) is 10.0. The number of carbonyl (C=O) groups is 2. The standard InChI is InChI=1S/C16H17N3O2/c1-18(2)16(21)10-19-9-13(8-17-19)12-4-3-11-5-6-15(20)14(11)7-12/h3-4,7-9H,5-6,10H2,1-2H3. The molecule has 0 saturated heterocycles. The highest BCUT2D eigenvalue weighted by Gasteiger charge is 2.20. The highest BCUT2D eigenvalue weighted by molar-refractivity contribution is 6.01.